The van der Waals surface area contributed by atoms with Gasteiger partial charge in [0.1, 0.15) is 0 Å². The van der Waals surface area contributed by atoms with Gasteiger partial charge in [-0.05, 0) is 18.8 Å². The van der Waals surface area contributed by atoms with Crippen LogP contribution < -0.4 is 0 Å². The lowest BCUT2D eigenvalue weighted by molar-refractivity contribution is 0.192. The number of nitrogens with zero attached hydrogens (tertiary/aromatic N) is 1. The number of methoxy groups -OCH3 is 1. The minimum atomic E-state index is -3.12. The summed E-state index contributed by atoms with van der Waals surface area (Å²) >= 11 is 5.90. The molecule has 1 aliphatic carbocycles. The SMILES string of the molecule is COCC(Cl)CN(C)S(=O)(=O)CC1CC1. The van der Waals surface area contributed by atoms with Crippen LogP contribution in [0.5, 0.6) is 0 Å². The zero-order valence-corrected chi connectivity index (χ0v) is 10.7. The summed E-state index contributed by atoms with van der Waals surface area (Å²) in [5.74, 6) is 0.633. The van der Waals surface area contributed by atoms with Gasteiger partial charge in [-0.3, -0.25) is 0 Å². The Morgan fingerprint density at radius 1 is 1.53 bits per heavy atom. The van der Waals surface area contributed by atoms with Crippen LogP contribution in [0.1, 0.15) is 12.8 Å². The van der Waals surface area contributed by atoms with Crippen molar-refractivity contribution in [1.29, 1.82) is 0 Å². The highest BCUT2D eigenvalue weighted by molar-refractivity contribution is 7.89. The van der Waals surface area contributed by atoms with Crippen LogP contribution in [-0.2, 0) is 14.8 Å². The summed E-state index contributed by atoms with van der Waals surface area (Å²) in [4.78, 5) is 0. The molecule has 0 saturated heterocycles. The molecular formula is C9H18ClNO3S. The second-order valence-electron chi connectivity index (χ2n) is 4.06. The maximum Gasteiger partial charge on any atom is 0.214 e. The molecule has 0 aliphatic heterocycles. The van der Waals surface area contributed by atoms with Crippen molar-refractivity contribution in [2.45, 2.75) is 18.2 Å². The average Bonchev–Trinajstić information content (AvgIpc) is 2.87. The fourth-order valence-electron chi connectivity index (χ4n) is 1.34. The van der Waals surface area contributed by atoms with Crippen molar-refractivity contribution in [2.24, 2.45) is 5.92 Å². The molecule has 90 valence electrons. The molecular weight excluding hydrogens is 238 g/mol. The highest BCUT2D eigenvalue weighted by Gasteiger charge is 2.30. The molecule has 0 bridgehead atoms. The van der Waals surface area contributed by atoms with Gasteiger partial charge >= 0.3 is 0 Å². The van der Waals surface area contributed by atoms with Gasteiger partial charge in [-0.2, -0.15) is 0 Å². The summed E-state index contributed by atoms with van der Waals surface area (Å²) in [5, 5.41) is -0.283. The van der Waals surface area contributed by atoms with Crippen molar-refractivity contribution in [2.75, 3.05) is 33.1 Å². The van der Waals surface area contributed by atoms with E-state index < -0.39 is 10.0 Å². The molecule has 0 heterocycles. The molecule has 0 N–H and O–H groups in total. The van der Waals surface area contributed by atoms with E-state index in [1.54, 1.807) is 14.2 Å². The van der Waals surface area contributed by atoms with E-state index in [1.807, 2.05) is 0 Å². The van der Waals surface area contributed by atoms with Gasteiger partial charge in [-0.1, -0.05) is 0 Å². The molecule has 0 aromatic carbocycles. The number of ether oxygens (including phenoxy) is 1. The van der Waals surface area contributed by atoms with E-state index in [2.05, 4.69) is 0 Å². The maximum atomic E-state index is 11.7. The number of halogens is 1. The van der Waals surface area contributed by atoms with E-state index in [0.29, 0.717) is 19.1 Å². The maximum absolute atomic E-state index is 11.7. The minimum Gasteiger partial charge on any atom is -0.383 e. The molecule has 0 spiro atoms. The van der Waals surface area contributed by atoms with Gasteiger partial charge in [0.05, 0.1) is 17.7 Å². The summed E-state index contributed by atoms with van der Waals surface area (Å²) in [6, 6.07) is 0. The lowest BCUT2D eigenvalue weighted by Gasteiger charge is -2.19. The van der Waals surface area contributed by atoms with Crippen molar-refractivity contribution in [3.63, 3.8) is 0 Å². The molecule has 1 unspecified atom stereocenters. The molecule has 1 saturated carbocycles. The van der Waals surface area contributed by atoms with Gasteiger partial charge in [0.25, 0.3) is 0 Å². The van der Waals surface area contributed by atoms with Crippen LogP contribution in [0.25, 0.3) is 0 Å². The Kier molecular flexibility index (Phi) is 4.83. The summed E-state index contributed by atoms with van der Waals surface area (Å²) in [6.07, 6.45) is 2.07. The normalized spacial score (nSPS) is 19.5. The van der Waals surface area contributed by atoms with Gasteiger partial charge in [-0.15, -0.1) is 11.6 Å². The number of rotatable bonds is 7. The molecule has 1 rings (SSSR count). The fraction of sp³-hybridized carbons (Fsp3) is 1.00. The lowest BCUT2D eigenvalue weighted by Crippen LogP contribution is -2.35. The second-order valence-corrected chi connectivity index (χ2v) is 6.79. The summed E-state index contributed by atoms with van der Waals surface area (Å²) in [7, 11) is 0.00477. The third-order valence-corrected chi connectivity index (χ3v) is 4.68. The van der Waals surface area contributed by atoms with Gasteiger partial charge < -0.3 is 4.74 Å². The van der Waals surface area contributed by atoms with Crippen molar-refractivity contribution >= 4 is 21.6 Å². The van der Waals surface area contributed by atoms with Crippen LogP contribution in [0.15, 0.2) is 0 Å². The van der Waals surface area contributed by atoms with E-state index in [4.69, 9.17) is 16.3 Å². The minimum absolute atomic E-state index is 0.264. The molecule has 1 fully saturated rings. The Bertz CT molecular complexity index is 290. The van der Waals surface area contributed by atoms with E-state index >= 15 is 0 Å². The predicted molar refractivity (Wildman–Crippen MR) is 60.7 cm³/mol. The molecule has 0 amide bonds. The third-order valence-electron chi connectivity index (χ3n) is 2.42. The fourth-order valence-corrected chi connectivity index (χ4v) is 3.34. The third kappa shape index (κ3) is 4.68. The zero-order chi connectivity index (χ0) is 11.5. The van der Waals surface area contributed by atoms with Crippen LogP contribution in [0.2, 0.25) is 0 Å². The summed E-state index contributed by atoms with van der Waals surface area (Å²) in [5.41, 5.74) is 0. The van der Waals surface area contributed by atoms with E-state index in [-0.39, 0.29) is 11.1 Å². The first kappa shape index (κ1) is 13.2. The monoisotopic (exact) mass is 255 g/mol. The standard InChI is InChI=1S/C9H18ClNO3S/c1-11(5-9(10)6-14-2)15(12,13)7-8-3-4-8/h8-9H,3-7H2,1-2H3. The van der Waals surface area contributed by atoms with Crippen LogP contribution in [0, 0.1) is 5.92 Å². The average molecular weight is 256 g/mol. The summed E-state index contributed by atoms with van der Waals surface area (Å²) < 4.78 is 29.7. The molecule has 1 atom stereocenters. The number of hydrogen-bond acceptors (Lipinski definition) is 3. The van der Waals surface area contributed by atoms with Crippen molar-refractivity contribution in [3.05, 3.63) is 0 Å². The van der Waals surface area contributed by atoms with Gasteiger partial charge in [0, 0.05) is 20.7 Å². The topological polar surface area (TPSA) is 46.6 Å². The number of sulfonamides is 1. The molecule has 15 heavy (non-hydrogen) atoms. The van der Waals surface area contributed by atoms with E-state index in [9.17, 15) is 8.42 Å². The van der Waals surface area contributed by atoms with Gasteiger partial charge in [0.2, 0.25) is 10.0 Å². The Balaban J connectivity index is 2.39. The second kappa shape index (κ2) is 5.48. The Morgan fingerprint density at radius 3 is 2.60 bits per heavy atom. The molecule has 1 aliphatic rings. The van der Waals surface area contributed by atoms with Crippen molar-refractivity contribution in [3.8, 4) is 0 Å². The van der Waals surface area contributed by atoms with Gasteiger partial charge in [0.15, 0.2) is 0 Å². The van der Waals surface area contributed by atoms with Crippen molar-refractivity contribution < 1.29 is 13.2 Å². The Morgan fingerprint density at radius 2 is 2.13 bits per heavy atom. The first-order valence-electron chi connectivity index (χ1n) is 5.02. The summed E-state index contributed by atoms with van der Waals surface area (Å²) in [6.45, 7) is 0.676. The first-order chi connectivity index (χ1) is 6.95. The van der Waals surface area contributed by atoms with E-state index in [1.165, 1.54) is 4.31 Å². The Labute approximate surface area is 96.6 Å². The van der Waals surface area contributed by atoms with Crippen LogP contribution in [0.4, 0.5) is 0 Å². The van der Waals surface area contributed by atoms with Crippen molar-refractivity contribution in [1.82, 2.24) is 4.31 Å². The predicted octanol–water partition coefficient (Wildman–Crippen LogP) is 0.912. The molecule has 0 aromatic rings. The van der Waals surface area contributed by atoms with Crippen LogP contribution in [-0.4, -0.2) is 51.2 Å². The number of alkyl halides is 1. The highest BCUT2D eigenvalue weighted by Crippen LogP contribution is 2.30. The Hall–Kier alpha value is 0.160. The largest absolute Gasteiger partial charge is 0.383 e. The lowest BCUT2D eigenvalue weighted by atomic mass is 10.4. The molecule has 6 heteroatoms. The van der Waals surface area contributed by atoms with E-state index in [0.717, 1.165) is 12.8 Å². The molecule has 4 nitrogen and oxygen atoms in total. The zero-order valence-electron chi connectivity index (χ0n) is 9.15. The first-order valence-corrected chi connectivity index (χ1v) is 7.07. The molecule has 0 radical (unpaired) electrons. The van der Waals surface area contributed by atoms with Crippen LogP contribution >= 0.6 is 11.6 Å². The quantitative estimate of drug-likeness (QED) is 0.636. The molecule has 0 aromatic heterocycles. The van der Waals surface area contributed by atoms with Crippen LogP contribution in [0.3, 0.4) is 0 Å². The van der Waals surface area contributed by atoms with Gasteiger partial charge in [-0.25, -0.2) is 12.7 Å². The highest BCUT2D eigenvalue weighted by atomic mass is 35.5. The number of hydrogen-bond donors (Lipinski definition) is 0. The smallest absolute Gasteiger partial charge is 0.214 e.